The topological polar surface area (TPSA) is 101 Å². The Kier molecular flexibility index (Phi) is 7.60. The molecule has 0 saturated carbocycles. The van der Waals surface area contributed by atoms with Crippen molar-refractivity contribution in [2.24, 2.45) is 4.99 Å². The lowest BCUT2D eigenvalue weighted by Gasteiger charge is -2.34. The summed E-state index contributed by atoms with van der Waals surface area (Å²) in [6, 6.07) is 24.0. The van der Waals surface area contributed by atoms with Crippen LogP contribution in [0.5, 0.6) is 5.88 Å². The van der Waals surface area contributed by atoms with Crippen molar-refractivity contribution in [3.05, 3.63) is 105 Å². The van der Waals surface area contributed by atoms with Gasteiger partial charge in [0.25, 0.3) is 5.91 Å². The molecule has 42 heavy (non-hydrogen) atoms. The molecule has 0 bridgehead atoms. The van der Waals surface area contributed by atoms with Gasteiger partial charge in [-0.1, -0.05) is 24.3 Å². The Labute approximate surface area is 247 Å². The normalized spacial score (nSPS) is 14.1. The highest BCUT2D eigenvalue weighted by Crippen LogP contribution is 2.29. The summed E-state index contributed by atoms with van der Waals surface area (Å²) in [7, 11) is 2.14. The predicted octanol–water partition coefficient (Wildman–Crippen LogP) is 6.23. The second-order valence-corrected chi connectivity index (χ2v) is 11.8. The van der Waals surface area contributed by atoms with Crippen LogP contribution >= 0.6 is 11.3 Å². The Bertz CT molecular complexity index is 1800. The lowest BCUT2D eigenvalue weighted by Crippen LogP contribution is -2.44. The quantitative estimate of drug-likeness (QED) is 0.157. The number of aliphatic imine (C=N–C) groups is 1. The van der Waals surface area contributed by atoms with Gasteiger partial charge in [0.2, 0.25) is 0 Å². The number of nitrogens with one attached hydrogen (secondary N) is 2. The molecule has 5 aromatic rings. The van der Waals surface area contributed by atoms with E-state index in [1.54, 1.807) is 54.7 Å². The van der Waals surface area contributed by atoms with Gasteiger partial charge in [-0.15, -0.1) is 11.3 Å². The van der Waals surface area contributed by atoms with E-state index in [9.17, 15) is 14.7 Å². The number of aromatic nitrogens is 1. The molecule has 3 aromatic carbocycles. The van der Waals surface area contributed by atoms with Crippen LogP contribution in [0.4, 0.5) is 17.1 Å². The Balaban J connectivity index is 1.17. The zero-order chi connectivity index (χ0) is 29.2. The number of hydrogen-bond acceptors (Lipinski definition) is 7. The van der Waals surface area contributed by atoms with Gasteiger partial charge in [-0.05, 0) is 68.6 Å². The highest BCUT2D eigenvalue weighted by atomic mass is 32.1. The average Bonchev–Trinajstić information content (AvgIpc) is 3.58. The van der Waals surface area contributed by atoms with E-state index in [0.29, 0.717) is 32.8 Å². The molecule has 2 aromatic heterocycles. The zero-order valence-electron chi connectivity index (χ0n) is 23.4. The molecular formula is C33H31N5O3S. The molecule has 212 valence electrons. The predicted molar refractivity (Wildman–Crippen MR) is 170 cm³/mol. The van der Waals surface area contributed by atoms with Crippen LogP contribution in [0.3, 0.4) is 0 Å². The van der Waals surface area contributed by atoms with E-state index in [-0.39, 0.29) is 17.6 Å². The molecule has 0 unspecified atom stereocenters. The highest BCUT2D eigenvalue weighted by Gasteiger charge is 2.16. The molecule has 3 N–H and O–H groups in total. The lowest BCUT2D eigenvalue weighted by atomic mass is 10.0. The third-order valence-corrected chi connectivity index (χ3v) is 8.49. The summed E-state index contributed by atoms with van der Waals surface area (Å²) in [5, 5.41) is 14.3. The van der Waals surface area contributed by atoms with Gasteiger partial charge in [-0.25, -0.2) is 0 Å². The molecule has 1 aliphatic heterocycles. The molecule has 0 radical (unpaired) electrons. The van der Waals surface area contributed by atoms with E-state index in [1.807, 2.05) is 25.1 Å². The SMILES string of the molecule is Cc1ccc(C(=O)Nc2cccc(C(=O)c3ccc4c(C=Nc5ccc(N6CCN(C)CC6)cc5)c(O)[nH]c4c3)c2)s1. The molecule has 3 heterocycles. The van der Waals surface area contributed by atoms with Crippen molar-refractivity contribution in [3.63, 3.8) is 0 Å². The standard InChI is InChI=1S/C33H31N5O3S/c1-21-6-13-30(42-21)33(41)35-25-5-3-4-22(18-25)31(39)23-7-12-27-28(32(40)36-29(27)19-23)20-34-24-8-10-26(11-9-24)38-16-14-37(2)15-17-38/h3-13,18-20,36,40H,14-17H2,1-2H3,(H,35,41). The van der Waals surface area contributed by atoms with E-state index in [0.717, 1.165) is 42.1 Å². The number of thiophene rings is 1. The first-order valence-electron chi connectivity index (χ1n) is 13.8. The van der Waals surface area contributed by atoms with Gasteiger partial charge in [0.1, 0.15) is 0 Å². The summed E-state index contributed by atoms with van der Waals surface area (Å²) in [5.74, 6) is -0.410. The number of anilines is 2. The summed E-state index contributed by atoms with van der Waals surface area (Å²) in [6.07, 6.45) is 1.64. The number of carbonyl (C=O) groups excluding carboxylic acids is 2. The number of benzene rings is 3. The molecule has 1 saturated heterocycles. The van der Waals surface area contributed by atoms with Gasteiger partial charge in [0.05, 0.1) is 16.1 Å². The average molecular weight is 578 g/mol. The Morgan fingerprint density at radius 1 is 0.952 bits per heavy atom. The fourth-order valence-corrected chi connectivity index (χ4v) is 5.85. The maximum Gasteiger partial charge on any atom is 0.265 e. The largest absolute Gasteiger partial charge is 0.494 e. The van der Waals surface area contributed by atoms with E-state index in [1.165, 1.54) is 17.0 Å². The molecular weight excluding hydrogens is 546 g/mol. The Hall–Kier alpha value is -4.73. The summed E-state index contributed by atoms with van der Waals surface area (Å²) >= 11 is 1.42. The van der Waals surface area contributed by atoms with Crippen molar-refractivity contribution in [2.75, 3.05) is 43.4 Å². The van der Waals surface area contributed by atoms with Gasteiger partial charge in [0.15, 0.2) is 11.7 Å². The van der Waals surface area contributed by atoms with Crippen molar-refractivity contribution in [3.8, 4) is 5.88 Å². The maximum absolute atomic E-state index is 13.3. The summed E-state index contributed by atoms with van der Waals surface area (Å²) in [4.78, 5) is 39.8. The molecule has 9 heteroatoms. The minimum absolute atomic E-state index is 0.0130. The molecule has 0 atom stereocenters. The molecule has 1 fully saturated rings. The number of fused-ring (bicyclic) bond motifs is 1. The van der Waals surface area contributed by atoms with E-state index < -0.39 is 0 Å². The number of nitrogens with zero attached hydrogens (tertiary/aromatic N) is 3. The van der Waals surface area contributed by atoms with E-state index >= 15 is 0 Å². The molecule has 0 aliphatic carbocycles. The van der Waals surface area contributed by atoms with E-state index in [4.69, 9.17) is 0 Å². The minimum atomic E-state index is -0.207. The second kappa shape index (κ2) is 11.6. The first-order chi connectivity index (χ1) is 20.3. The zero-order valence-corrected chi connectivity index (χ0v) is 24.2. The molecule has 1 aliphatic rings. The third kappa shape index (κ3) is 5.83. The molecule has 1 amide bonds. The van der Waals surface area contributed by atoms with Crippen LogP contribution in [0, 0.1) is 6.92 Å². The maximum atomic E-state index is 13.3. The molecule has 8 nitrogen and oxygen atoms in total. The molecule has 0 spiro atoms. The van der Waals surface area contributed by atoms with Gasteiger partial charge in [0, 0.05) is 70.7 Å². The number of rotatable bonds is 7. The van der Waals surface area contributed by atoms with Crippen LogP contribution < -0.4 is 10.2 Å². The fourth-order valence-electron chi connectivity index (χ4n) is 5.08. The summed E-state index contributed by atoms with van der Waals surface area (Å²) in [6.45, 7) is 6.06. The Morgan fingerprint density at radius 3 is 2.45 bits per heavy atom. The highest BCUT2D eigenvalue weighted by molar-refractivity contribution is 7.14. The van der Waals surface area contributed by atoms with Crippen molar-refractivity contribution in [1.29, 1.82) is 0 Å². The van der Waals surface area contributed by atoms with Crippen molar-refractivity contribution in [1.82, 2.24) is 9.88 Å². The number of ketones is 1. The van der Waals surface area contributed by atoms with Gasteiger partial charge >= 0.3 is 0 Å². The van der Waals surface area contributed by atoms with Crippen LogP contribution in [0.25, 0.3) is 10.9 Å². The van der Waals surface area contributed by atoms with Crippen LogP contribution in [0.15, 0.2) is 83.9 Å². The first kappa shape index (κ1) is 27.4. The van der Waals surface area contributed by atoms with Crippen molar-refractivity contribution in [2.45, 2.75) is 6.92 Å². The van der Waals surface area contributed by atoms with E-state index in [2.05, 4.69) is 44.3 Å². The van der Waals surface area contributed by atoms with Crippen molar-refractivity contribution >= 4 is 57.2 Å². The number of H-pyrrole nitrogens is 1. The minimum Gasteiger partial charge on any atom is -0.494 e. The number of aromatic hydroxyl groups is 1. The van der Waals surface area contributed by atoms with Gasteiger partial charge in [-0.3, -0.25) is 14.6 Å². The van der Waals surface area contributed by atoms with Crippen molar-refractivity contribution < 1.29 is 14.7 Å². The lowest BCUT2D eigenvalue weighted by molar-refractivity contribution is 0.102. The van der Waals surface area contributed by atoms with Gasteiger partial charge < -0.3 is 25.2 Å². The fraction of sp³-hybridized carbons (Fsp3) is 0.182. The number of aromatic amines is 1. The molecule has 6 rings (SSSR count). The van der Waals surface area contributed by atoms with Crippen LogP contribution in [0.1, 0.15) is 36.0 Å². The monoisotopic (exact) mass is 577 g/mol. The number of amides is 1. The van der Waals surface area contributed by atoms with Crippen LogP contribution in [-0.4, -0.2) is 66.1 Å². The van der Waals surface area contributed by atoms with Gasteiger partial charge in [-0.2, -0.15) is 0 Å². The number of hydrogen-bond donors (Lipinski definition) is 3. The van der Waals surface area contributed by atoms with Crippen LogP contribution in [0.2, 0.25) is 0 Å². The second-order valence-electron chi connectivity index (χ2n) is 10.5. The number of likely N-dealkylation sites (N-methyl/N-ethyl adjacent to an activating group) is 1. The number of aryl methyl sites for hydroxylation is 1. The Morgan fingerprint density at radius 2 is 1.71 bits per heavy atom. The first-order valence-corrected chi connectivity index (χ1v) is 14.6. The third-order valence-electron chi connectivity index (χ3n) is 7.49. The number of carbonyl (C=O) groups is 2. The summed E-state index contributed by atoms with van der Waals surface area (Å²) < 4.78 is 0. The van der Waals surface area contributed by atoms with Crippen LogP contribution in [-0.2, 0) is 0 Å². The number of piperazine rings is 1. The summed E-state index contributed by atoms with van der Waals surface area (Å²) in [5.41, 5.74) is 4.61. The smallest absolute Gasteiger partial charge is 0.265 e.